The minimum absolute atomic E-state index is 0.279. The number of benzene rings is 1. The second kappa shape index (κ2) is 4.37. The monoisotopic (exact) mass is 236 g/mol. The third kappa shape index (κ3) is 2.13. The minimum Gasteiger partial charge on any atom is -0.497 e. The standard InChI is InChI=1S/C13H16O4/c1-3-17-12(14)13(15)7-9-4-5-11(16-2)6-10(9)8-13/h4-6,15H,3,7-8H2,1-2H3/t13-/m1/s1. The van der Waals surface area contributed by atoms with Crippen molar-refractivity contribution in [3.63, 3.8) is 0 Å². The molecule has 92 valence electrons. The summed E-state index contributed by atoms with van der Waals surface area (Å²) >= 11 is 0. The Hall–Kier alpha value is -1.55. The Morgan fingerprint density at radius 1 is 1.41 bits per heavy atom. The van der Waals surface area contributed by atoms with E-state index in [1.54, 1.807) is 14.0 Å². The maximum absolute atomic E-state index is 11.7. The lowest BCUT2D eigenvalue weighted by atomic mass is 10.0. The molecule has 0 saturated carbocycles. The molecule has 1 aliphatic rings. The molecule has 0 spiro atoms. The first-order chi connectivity index (χ1) is 8.09. The van der Waals surface area contributed by atoms with Crippen molar-refractivity contribution >= 4 is 5.97 Å². The van der Waals surface area contributed by atoms with Gasteiger partial charge in [-0.1, -0.05) is 6.07 Å². The quantitative estimate of drug-likeness (QED) is 0.798. The molecule has 0 aliphatic heterocycles. The lowest BCUT2D eigenvalue weighted by molar-refractivity contribution is -0.163. The van der Waals surface area contributed by atoms with E-state index in [0.29, 0.717) is 12.8 Å². The van der Waals surface area contributed by atoms with Crippen molar-refractivity contribution in [2.24, 2.45) is 0 Å². The van der Waals surface area contributed by atoms with Crippen molar-refractivity contribution in [3.05, 3.63) is 29.3 Å². The molecular formula is C13H16O4. The van der Waals surface area contributed by atoms with Crippen LogP contribution in [-0.2, 0) is 22.4 Å². The predicted octanol–water partition coefficient (Wildman–Crippen LogP) is 1.09. The van der Waals surface area contributed by atoms with E-state index in [2.05, 4.69) is 0 Å². The predicted molar refractivity (Wildman–Crippen MR) is 62.0 cm³/mol. The fourth-order valence-corrected chi connectivity index (χ4v) is 2.17. The highest BCUT2D eigenvalue weighted by atomic mass is 16.5. The second-order valence-corrected chi connectivity index (χ2v) is 4.24. The molecule has 0 bridgehead atoms. The lowest BCUT2D eigenvalue weighted by Gasteiger charge is -2.19. The number of methoxy groups -OCH3 is 1. The molecule has 1 N–H and O–H groups in total. The SMILES string of the molecule is CCOC(=O)[C@@]1(O)Cc2ccc(OC)cc2C1. The van der Waals surface area contributed by atoms with Gasteiger partial charge in [0.25, 0.3) is 0 Å². The van der Waals surface area contributed by atoms with E-state index in [4.69, 9.17) is 9.47 Å². The number of ether oxygens (including phenoxy) is 2. The first kappa shape index (κ1) is 11.9. The number of hydrogen-bond donors (Lipinski definition) is 1. The van der Waals surface area contributed by atoms with E-state index in [-0.39, 0.29) is 6.61 Å². The molecule has 0 unspecified atom stereocenters. The van der Waals surface area contributed by atoms with Crippen molar-refractivity contribution in [2.45, 2.75) is 25.4 Å². The van der Waals surface area contributed by atoms with Crippen LogP contribution in [0.5, 0.6) is 5.75 Å². The van der Waals surface area contributed by atoms with E-state index in [1.807, 2.05) is 18.2 Å². The van der Waals surface area contributed by atoms with Crippen molar-refractivity contribution < 1.29 is 19.4 Å². The highest BCUT2D eigenvalue weighted by molar-refractivity contribution is 5.81. The van der Waals surface area contributed by atoms with Crippen molar-refractivity contribution in [1.29, 1.82) is 0 Å². The van der Waals surface area contributed by atoms with Crippen LogP contribution in [0.2, 0.25) is 0 Å². The normalized spacial score (nSPS) is 22.1. The van der Waals surface area contributed by atoms with Gasteiger partial charge < -0.3 is 14.6 Å². The van der Waals surface area contributed by atoms with Crippen LogP contribution in [0.4, 0.5) is 0 Å². The van der Waals surface area contributed by atoms with Crippen LogP contribution >= 0.6 is 0 Å². The third-order valence-electron chi connectivity index (χ3n) is 3.03. The van der Waals surface area contributed by atoms with E-state index >= 15 is 0 Å². The van der Waals surface area contributed by atoms with Gasteiger partial charge in [-0.15, -0.1) is 0 Å². The topological polar surface area (TPSA) is 55.8 Å². The van der Waals surface area contributed by atoms with Gasteiger partial charge >= 0.3 is 5.97 Å². The van der Waals surface area contributed by atoms with Gasteiger partial charge in [0.1, 0.15) is 5.75 Å². The molecule has 2 rings (SSSR count). The fourth-order valence-electron chi connectivity index (χ4n) is 2.17. The van der Waals surface area contributed by atoms with Gasteiger partial charge in [0.15, 0.2) is 5.60 Å². The highest BCUT2D eigenvalue weighted by Gasteiger charge is 2.43. The molecule has 0 aromatic heterocycles. The Morgan fingerprint density at radius 3 is 2.76 bits per heavy atom. The van der Waals surface area contributed by atoms with Crippen molar-refractivity contribution in [2.75, 3.05) is 13.7 Å². The van der Waals surface area contributed by atoms with Gasteiger partial charge in [0.2, 0.25) is 0 Å². The summed E-state index contributed by atoms with van der Waals surface area (Å²) in [4.78, 5) is 11.7. The van der Waals surface area contributed by atoms with E-state index in [1.165, 1.54) is 0 Å². The molecular weight excluding hydrogens is 220 g/mol. The summed E-state index contributed by atoms with van der Waals surface area (Å²) < 4.78 is 10.0. The summed E-state index contributed by atoms with van der Waals surface area (Å²) in [6, 6.07) is 5.56. The van der Waals surface area contributed by atoms with Gasteiger partial charge in [-0.05, 0) is 30.2 Å². The van der Waals surface area contributed by atoms with Crippen LogP contribution in [0, 0.1) is 0 Å². The maximum atomic E-state index is 11.7. The number of carbonyl (C=O) groups excluding carboxylic acids is 1. The molecule has 0 fully saturated rings. The number of esters is 1. The van der Waals surface area contributed by atoms with Crippen LogP contribution < -0.4 is 4.74 Å². The van der Waals surface area contributed by atoms with Crippen LogP contribution in [0.25, 0.3) is 0 Å². The summed E-state index contributed by atoms with van der Waals surface area (Å²) in [6.45, 7) is 2.01. The molecule has 0 amide bonds. The van der Waals surface area contributed by atoms with Crippen LogP contribution in [-0.4, -0.2) is 30.4 Å². The Labute approximate surface area is 100 Å². The Morgan fingerprint density at radius 2 is 2.12 bits per heavy atom. The Kier molecular flexibility index (Phi) is 3.07. The maximum Gasteiger partial charge on any atom is 0.338 e. The summed E-state index contributed by atoms with van der Waals surface area (Å²) in [5.74, 6) is 0.187. The number of hydrogen-bond acceptors (Lipinski definition) is 4. The molecule has 0 saturated heterocycles. The molecule has 0 heterocycles. The van der Waals surface area contributed by atoms with E-state index in [0.717, 1.165) is 16.9 Å². The lowest BCUT2D eigenvalue weighted by Crippen LogP contribution is -2.40. The van der Waals surface area contributed by atoms with Gasteiger partial charge in [-0.3, -0.25) is 0 Å². The molecule has 0 radical (unpaired) electrons. The molecule has 1 aromatic rings. The average Bonchev–Trinajstić information content (AvgIpc) is 2.65. The Bertz CT molecular complexity index is 441. The van der Waals surface area contributed by atoms with Crippen LogP contribution in [0.3, 0.4) is 0 Å². The van der Waals surface area contributed by atoms with Gasteiger partial charge in [-0.25, -0.2) is 4.79 Å². The molecule has 4 heteroatoms. The summed E-state index contributed by atoms with van der Waals surface area (Å²) in [5, 5.41) is 10.3. The van der Waals surface area contributed by atoms with Gasteiger partial charge in [0.05, 0.1) is 13.7 Å². The Balaban J connectivity index is 2.23. The average molecular weight is 236 g/mol. The largest absolute Gasteiger partial charge is 0.497 e. The third-order valence-corrected chi connectivity index (χ3v) is 3.03. The fraction of sp³-hybridized carbons (Fsp3) is 0.462. The van der Waals surface area contributed by atoms with Gasteiger partial charge in [0, 0.05) is 12.8 Å². The molecule has 1 aromatic carbocycles. The van der Waals surface area contributed by atoms with Crippen molar-refractivity contribution in [1.82, 2.24) is 0 Å². The first-order valence-corrected chi connectivity index (χ1v) is 5.64. The minimum atomic E-state index is -1.41. The molecule has 1 atom stereocenters. The highest BCUT2D eigenvalue weighted by Crippen LogP contribution is 2.33. The summed E-state index contributed by atoms with van der Waals surface area (Å²) in [6.07, 6.45) is 0.601. The first-order valence-electron chi connectivity index (χ1n) is 5.64. The smallest absolute Gasteiger partial charge is 0.338 e. The van der Waals surface area contributed by atoms with E-state index < -0.39 is 11.6 Å². The summed E-state index contributed by atoms with van der Waals surface area (Å²) in [7, 11) is 1.59. The van der Waals surface area contributed by atoms with E-state index in [9.17, 15) is 9.90 Å². The molecule has 4 nitrogen and oxygen atoms in total. The summed E-state index contributed by atoms with van der Waals surface area (Å²) in [5.41, 5.74) is 0.506. The number of fused-ring (bicyclic) bond motifs is 1. The molecule has 1 aliphatic carbocycles. The van der Waals surface area contributed by atoms with Crippen molar-refractivity contribution in [3.8, 4) is 5.75 Å². The van der Waals surface area contributed by atoms with Crippen LogP contribution in [0.1, 0.15) is 18.1 Å². The van der Waals surface area contributed by atoms with Crippen LogP contribution in [0.15, 0.2) is 18.2 Å². The zero-order chi connectivity index (χ0) is 12.5. The zero-order valence-corrected chi connectivity index (χ0v) is 10.0. The molecule has 17 heavy (non-hydrogen) atoms. The number of carbonyl (C=O) groups is 1. The zero-order valence-electron chi connectivity index (χ0n) is 10.0. The second-order valence-electron chi connectivity index (χ2n) is 4.24. The number of rotatable bonds is 3. The number of aliphatic hydroxyl groups is 1. The van der Waals surface area contributed by atoms with Gasteiger partial charge in [-0.2, -0.15) is 0 Å².